The van der Waals surface area contributed by atoms with Crippen LogP contribution in [0, 0.1) is 0 Å². The maximum atomic E-state index is 10.2. The van der Waals surface area contributed by atoms with Gasteiger partial charge in [0.1, 0.15) is 24.2 Å². The number of ether oxygens (including phenoxy) is 7. The fourth-order valence-corrected chi connectivity index (χ4v) is 5.51. The SMILES string of the molecule is COCCCOc1ccc([C@@H]2[C@@H](OCc3ccc4c(c3)N(CCCOC)CCO4)CNC[C@H]2OC[C@H](O)COC)cc1. The Balaban J connectivity index is 1.46. The highest BCUT2D eigenvalue weighted by Crippen LogP contribution is 2.35. The molecule has 0 bridgehead atoms. The van der Waals surface area contributed by atoms with Crippen LogP contribution in [0.25, 0.3) is 0 Å². The topological polar surface area (TPSA) is 100 Å². The lowest BCUT2D eigenvalue weighted by Crippen LogP contribution is -2.51. The summed E-state index contributed by atoms with van der Waals surface area (Å²) in [6.07, 6.45) is 0.786. The third-order valence-corrected chi connectivity index (χ3v) is 7.60. The molecule has 10 nitrogen and oxygen atoms in total. The van der Waals surface area contributed by atoms with Crippen LogP contribution in [-0.2, 0) is 30.3 Å². The zero-order valence-corrected chi connectivity index (χ0v) is 25.3. The molecule has 2 aromatic carbocycles. The lowest BCUT2D eigenvalue weighted by atomic mass is 9.85. The molecule has 2 N–H and O–H groups in total. The van der Waals surface area contributed by atoms with Crippen molar-refractivity contribution in [2.45, 2.75) is 43.7 Å². The highest BCUT2D eigenvalue weighted by molar-refractivity contribution is 5.61. The third-order valence-electron chi connectivity index (χ3n) is 7.60. The van der Waals surface area contributed by atoms with Gasteiger partial charge in [0.2, 0.25) is 0 Å². The van der Waals surface area contributed by atoms with Crippen LogP contribution in [0.1, 0.15) is 29.9 Å². The van der Waals surface area contributed by atoms with Crippen molar-refractivity contribution in [1.29, 1.82) is 0 Å². The minimum absolute atomic E-state index is 0.0324. The summed E-state index contributed by atoms with van der Waals surface area (Å²) in [5, 5.41) is 13.7. The fraction of sp³-hybridized carbons (Fsp3) is 0.625. The number of nitrogens with zero attached hydrogens (tertiary/aromatic N) is 1. The largest absolute Gasteiger partial charge is 0.494 e. The number of rotatable bonds is 18. The Morgan fingerprint density at radius 2 is 1.67 bits per heavy atom. The van der Waals surface area contributed by atoms with E-state index in [1.54, 1.807) is 21.3 Å². The lowest BCUT2D eigenvalue weighted by molar-refractivity contribution is -0.0856. The first kappa shape index (κ1) is 32.5. The Labute approximate surface area is 250 Å². The number of aliphatic hydroxyl groups is 1. The van der Waals surface area contributed by atoms with Gasteiger partial charge < -0.3 is 48.5 Å². The average molecular weight is 589 g/mol. The van der Waals surface area contributed by atoms with Gasteiger partial charge in [-0.2, -0.15) is 0 Å². The molecule has 0 spiro atoms. The summed E-state index contributed by atoms with van der Waals surface area (Å²) < 4.78 is 40.1. The number of aliphatic hydroxyl groups excluding tert-OH is 1. The highest BCUT2D eigenvalue weighted by Gasteiger charge is 2.36. The number of hydrogen-bond donors (Lipinski definition) is 2. The summed E-state index contributed by atoms with van der Waals surface area (Å²) in [7, 11) is 5.00. The van der Waals surface area contributed by atoms with Gasteiger partial charge in [-0.1, -0.05) is 18.2 Å². The van der Waals surface area contributed by atoms with E-state index in [0.29, 0.717) is 39.5 Å². The predicted molar refractivity (Wildman–Crippen MR) is 161 cm³/mol. The predicted octanol–water partition coefficient (Wildman–Crippen LogP) is 3.00. The zero-order chi connectivity index (χ0) is 29.6. The van der Waals surface area contributed by atoms with E-state index in [2.05, 4.69) is 34.5 Å². The fourth-order valence-electron chi connectivity index (χ4n) is 5.51. The second-order valence-corrected chi connectivity index (χ2v) is 10.8. The Morgan fingerprint density at radius 3 is 2.43 bits per heavy atom. The number of methoxy groups -OCH3 is 3. The van der Waals surface area contributed by atoms with Crippen LogP contribution in [0.4, 0.5) is 5.69 Å². The van der Waals surface area contributed by atoms with E-state index in [4.69, 9.17) is 33.2 Å². The summed E-state index contributed by atoms with van der Waals surface area (Å²) >= 11 is 0. The van der Waals surface area contributed by atoms with E-state index in [-0.39, 0.29) is 31.3 Å². The zero-order valence-electron chi connectivity index (χ0n) is 25.3. The molecule has 0 aliphatic carbocycles. The standard InChI is InChI=1S/C32H48N2O8/c1-36-14-4-12-34-13-17-40-29-11-6-24(18-28(29)34)21-41-30-19-33-20-31(42-23-26(35)22-38-3)32(30)25-7-9-27(10-8-25)39-16-5-15-37-2/h6-11,18,26,30-33,35H,4-5,12-17,19-23H2,1-3H3/t26-,30+,31-,32-/m1/s1. The molecule has 0 radical (unpaired) electrons. The molecule has 2 aliphatic rings. The molecule has 0 saturated carbocycles. The molecule has 2 heterocycles. The van der Waals surface area contributed by atoms with E-state index in [1.807, 2.05) is 18.2 Å². The third kappa shape index (κ3) is 9.54. The molecule has 0 amide bonds. The normalized spacial score (nSPS) is 21.0. The number of piperidine rings is 1. The van der Waals surface area contributed by atoms with Crippen LogP contribution in [0.2, 0.25) is 0 Å². The highest BCUT2D eigenvalue weighted by atomic mass is 16.5. The second kappa shape index (κ2) is 17.6. The van der Waals surface area contributed by atoms with Gasteiger partial charge in [-0.25, -0.2) is 0 Å². The van der Waals surface area contributed by atoms with Crippen molar-refractivity contribution < 1.29 is 38.3 Å². The maximum absolute atomic E-state index is 10.2. The first-order valence-electron chi connectivity index (χ1n) is 14.9. The molecular weight excluding hydrogens is 540 g/mol. The molecule has 0 aromatic heterocycles. The first-order chi connectivity index (χ1) is 20.6. The number of nitrogens with one attached hydrogen (secondary N) is 1. The van der Waals surface area contributed by atoms with Crippen LogP contribution < -0.4 is 19.7 Å². The first-order valence-corrected chi connectivity index (χ1v) is 14.9. The van der Waals surface area contributed by atoms with Crippen molar-refractivity contribution in [3.8, 4) is 11.5 Å². The van der Waals surface area contributed by atoms with Crippen LogP contribution >= 0.6 is 0 Å². The molecular formula is C32H48N2O8. The number of anilines is 1. The molecule has 4 atom stereocenters. The van der Waals surface area contributed by atoms with Crippen molar-refractivity contribution in [3.63, 3.8) is 0 Å². The van der Waals surface area contributed by atoms with Gasteiger partial charge in [-0.15, -0.1) is 0 Å². The van der Waals surface area contributed by atoms with Gasteiger partial charge in [0.05, 0.1) is 50.9 Å². The van der Waals surface area contributed by atoms with E-state index in [0.717, 1.165) is 60.9 Å². The summed E-state index contributed by atoms with van der Waals surface area (Å²) in [5.41, 5.74) is 3.31. The second-order valence-electron chi connectivity index (χ2n) is 10.8. The van der Waals surface area contributed by atoms with E-state index < -0.39 is 6.10 Å². The van der Waals surface area contributed by atoms with E-state index in [1.165, 1.54) is 0 Å². The molecule has 10 heteroatoms. The molecule has 2 aliphatic heterocycles. The van der Waals surface area contributed by atoms with Crippen LogP contribution in [-0.4, -0.2) is 111 Å². The number of benzene rings is 2. The van der Waals surface area contributed by atoms with Crippen molar-refractivity contribution in [2.75, 3.05) is 92.0 Å². The van der Waals surface area contributed by atoms with Gasteiger partial charge >= 0.3 is 0 Å². The van der Waals surface area contributed by atoms with Gasteiger partial charge in [0.15, 0.2) is 0 Å². The van der Waals surface area contributed by atoms with E-state index >= 15 is 0 Å². The minimum atomic E-state index is -0.690. The van der Waals surface area contributed by atoms with Crippen molar-refractivity contribution >= 4 is 5.69 Å². The Hall–Kier alpha value is -2.44. The molecule has 2 aromatic rings. The quantitative estimate of drug-likeness (QED) is 0.253. The minimum Gasteiger partial charge on any atom is -0.494 e. The number of fused-ring (bicyclic) bond motifs is 1. The average Bonchev–Trinajstić information content (AvgIpc) is 3.02. The summed E-state index contributed by atoms with van der Waals surface area (Å²) in [5.74, 6) is 1.70. The Morgan fingerprint density at radius 1 is 0.905 bits per heavy atom. The van der Waals surface area contributed by atoms with Crippen molar-refractivity contribution in [3.05, 3.63) is 53.6 Å². The van der Waals surface area contributed by atoms with Gasteiger partial charge in [0.25, 0.3) is 0 Å². The van der Waals surface area contributed by atoms with E-state index in [9.17, 15) is 5.11 Å². The summed E-state index contributed by atoms with van der Waals surface area (Å²) in [6.45, 7) is 6.69. The van der Waals surface area contributed by atoms with Gasteiger partial charge in [-0.3, -0.25) is 0 Å². The van der Waals surface area contributed by atoms with Crippen LogP contribution in [0.3, 0.4) is 0 Å². The Bertz CT molecular complexity index is 1040. The summed E-state index contributed by atoms with van der Waals surface area (Å²) in [4.78, 5) is 2.36. The molecule has 234 valence electrons. The molecule has 42 heavy (non-hydrogen) atoms. The van der Waals surface area contributed by atoms with Crippen LogP contribution in [0.15, 0.2) is 42.5 Å². The molecule has 1 saturated heterocycles. The van der Waals surface area contributed by atoms with Crippen molar-refractivity contribution in [1.82, 2.24) is 5.32 Å². The molecule has 4 rings (SSSR count). The molecule has 1 fully saturated rings. The lowest BCUT2D eigenvalue weighted by Gasteiger charge is -2.39. The number of hydrogen-bond acceptors (Lipinski definition) is 10. The Kier molecular flexibility index (Phi) is 13.6. The summed E-state index contributed by atoms with van der Waals surface area (Å²) in [6, 6.07) is 14.5. The van der Waals surface area contributed by atoms with Gasteiger partial charge in [0, 0.05) is 66.5 Å². The van der Waals surface area contributed by atoms with Crippen molar-refractivity contribution in [2.24, 2.45) is 0 Å². The van der Waals surface area contributed by atoms with Gasteiger partial charge in [-0.05, 0) is 41.8 Å². The molecule has 0 unspecified atom stereocenters. The smallest absolute Gasteiger partial charge is 0.142 e. The maximum Gasteiger partial charge on any atom is 0.142 e. The van der Waals surface area contributed by atoms with Crippen LogP contribution in [0.5, 0.6) is 11.5 Å². The monoisotopic (exact) mass is 588 g/mol.